The summed E-state index contributed by atoms with van der Waals surface area (Å²) in [5, 5.41) is 0. The summed E-state index contributed by atoms with van der Waals surface area (Å²) in [6, 6.07) is 16.5. The minimum atomic E-state index is 0.180. The SMILES string of the molecule is O=C(Cc1ccccc1)N1CCc2ccc(N3CCOCC3)cc21. The third kappa shape index (κ3) is 3.02. The van der Waals surface area contributed by atoms with Crippen LogP contribution in [0, 0.1) is 0 Å². The number of morpholine rings is 1. The minimum absolute atomic E-state index is 0.180. The van der Waals surface area contributed by atoms with Crippen LogP contribution in [0.15, 0.2) is 48.5 Å². The van der Waals surface area contributed by atoms with Gasteiger partial charge in [0.05, 0.1) is 19.6 Å². The number of hydrogen-bond donors (Lipinski definition) is 0. The van der Waals surface area contributed by atoms with E-state index in [1.165, 1.54) is 11.3 Å². The lowest BCUT2D eigenvalue weighted by Crippen LogP contribution is -2.36. The van der Waals surface area contributed by atoms with E-state index in [9.17, 15) is 4.79 Å². The van der Waals surface area contributed by atoms with Crippen molar-refractivity contribution in [3.05, 3.63) is 59.7 Å². The van der Waals surface area contributed by atoms with Crippen molar-refractivity contribution in [1.29, 1.82) is 0 Å². The monoisotopic (exact) mass is 322 g/mol. The number of anilines is 2. The highest BCUT2D eigenvalue weighted by molar-refractivity contribution is 5.97. The van der Waals surface area contributed by atoms with E-state index in [2.05, 4.69) is 23.1 Å². The van der Waals surface area contributed by atoms with Gasteiger partial charge in [-0.15, -0.1) is 0 Å². The van der Waals surface area contributed by atoms with E-state index in [1.54, 1.807) is 0 Å². The fraction of sp³-hybridized carbons (Fsp3) is 0.350. The molecule has 124 valence electrons. The first-order chi connectivity index (χ1) is 11.8. The molecule has 4 heteroatoms. The number of rotatable bonds is 3. The molecule has 24 heavy (non-hydrogen) atoms. The molecule has 1 saturated heterocycles. The smallest absolute Gasteiger partial charge is 0.231 e. The van der Waals surface area contributed by atoms with E-state index in [1.807, 2.05) is 35.2 Å². The van der Waals surface area contributed by atoms with Crippen LogP contribution < -0.4 is 9.80 Å². The number of nitrogens with zero attached hydrogens (tertiary/aromatic N) is 2. The van der Waals surface area contributed by atoms with Crippen LogP contribution in [0.4, 0.5) is 11.4 Å². The minimum Gasteiger partial charge on any atom is -0.378 e. The van der Waals surface area contributed by atoms with Gasteiger partial charge in [0.2, 0.25) is 5.91 Å². The molecule has 0 saturated carbocycles. The summed E-state index contributed by atoms with van der Waals surface area (Å²) < 4.78 is 5.43. The number of carbonyl (C=O) groups excluding carboxylic acids is 1. The predicted octanol–water partition coefficient (Wildman–Crippen LogP) is 2.66. The molecule has 2 aliphatic rings. The molecule has 2 aliphatic heterocycles. The van der Waals surface area contributed by atoms with Gasteiger partial charge in [0.15, 0.2) is 0 Å². The summed E-state index contributed by atoms with van der Waals surface area (Å²) in [6.07, 6.45) is 1.40. The first kappa shape index (κ1) is 15.2. The third-order valence-electron chi connectivity index (χ3n) is 4.84. The van der Waals surface area contributed by atoms with Crippen molar-refractivity contribution in [1.82, 2.24) is 0 Å². The molecule has 0 radical (unpaired) electrons. The van der Waals surface area contributed by atoms with E-state index in [4.69, 9.17) is 4.74 Å². The molecule has 4 nitrogen and oxygen atoms in total. The van der Waals surface area contributed by atoms with Crippen molar-refractivity contribution in [3.8, 4) is 0 Å². The van der Waals surface area contributed by atoms with Gasteiger partial charge < -0.3 is 14.5 Å². The Kier molecular flexibility index (Phi) is 4.22. The van der Waals surface area contributed by atoms with Crippen molar-refractivity contribution < 1.29 is 9.53 Å². The Hall–Kier alpha value is -2.33. The number of benzene rings is 2. The van der Waals surface area contributed by atoms with Crippen molar-refractivity contribution in [2.75, 3.05) is 42.6 Å². The van der Waals surface area contributed by atoms with Crippen LogP contribution in [0.3, 0.4) is 0 Å². The fourth-order valence-corrected chi connectivity index (χ4v) is 3.51. The molecule has 0 atom stereocenters. The van der Waals surface area contributed by atoms with Gasteiger partial charge in [-0.1, -0.05) is 36.4 Å². The van der Waals surface area contributed by atoms with Gasteiger partial charge in [-0.05, 0) is 29.7 Å². The number of amides is 1. The third-order valence-corrected chi connectivity index (χ3v) is 4.84. The Morgan fingerprint density at radius 3 is 2.58 bits per heavy atom. The zero-order valence-electron chi connectivity index (χ0n) is 13.8. The normalized spacial score (nSPS) is 17.0. The highest BCUT2D eigenvalue weighted by Gasteiger charge is 2.25. The van der Waals surface area contributed by atoms with Crippen LogP contribution >= 0.6 is 0 Å². The highest BCUT2D eigenvalue weighted by atomic mass is 16.5. The summed E-state index contributed by atoms with van der Waals surface area (Å²) in [7, 11) is 0. The zero-order chi connectivity index (χ0) is 16.4. The second kappa shape index (κ2) is 6.65. The van der Waals surface area contributed by atoms with Gasteiger partial charge in [-0.25, -0.2) is 0 Å². The largest absolute Gasteiger partial charge is 0.378 e. The molecule has 4 rings (SSSR count). The van der Waals surface area contributed by atoms with Crippen molar-refractivity contribution >= 4 is 17.3 Å². The predicted molar refractivity (Wildman–Crippen MR) is 95.7 cm³/mol. The summed E-state index contributed by atoms with van der Waals surface area (Å²) >= 11 is 0. The number of hydrogen-bond acceptors (Lipinski definition) is 3. The van der Waals surface area contributed by atoms with E-state index in [-0.39, 0.29) is 5.91 Å². The lowest BCUT2D eigenvalue weighted by Gasteiger charge is -2.29. The van der Waals surface area contributed by atoms with Crippen LogP contribution in [0.5, 0.6) is 0 Å². The average molecular weight is 322 g/mol. The maximum atomic E-state index is 12.8. The fourth-order valence-electron chi connectivity index (χ4n) is 3.51. The summed E-state index contributed by atoms with van der Waals surface area (Å²) in [5.74, 6) is 0.180. The van der Waals surface area contributed by atoms with Crippen molar-refractivity contribution in [2.45, 2.75) is 12.8 Å². The van der Waals surface area contributed by atoms with Crippen LogP contribution in [-0.2, 0) is 22.4 Å². The standard InChI is InChI=1S/C20H22N2O2/c23-20(14-16-4-2-1-3-5-16)22-9-8-17-6-7-18(15-19(17)22)21-10-12-24-13-11-21/h1-7,15H,8-14H2. The topological polar surface area (TPSA) is 32.8 Å². The van der Waals surface area contributed by atoms with E-state index in [0.29, 0.717) is 6.42 Å². The first-order valence-corrected chi connectivity index (χ1v) is 8.61. The highest BCUT2D eigenvalue weighted by Crippen LogP contribution is 2.33. The second-order valence-electron chi connectivity index (χ2n) is 6.37. The van der Waals surface area contributed by atoms with Crippen LogP contribution in [-0.4, -0.2) is 38.8 Å². The quantitative estimate of drug-likeness (QED) is 0.871. The van der Waals surface area contributed by atoms with Gasteiger partial charge in [0.25, 0.3) is 0 Å². The van der Waals surface area contributed by atoms with E-state index >= 15 is 0 Å². The van der Waals surface area contributed by atoms with Gasteiger partial charge in [0, 0.05) is 31.0 Å². The lowest BCUT2D eigenvalue weighted by molar-refractivity contribution is -0.117. The van der Waals surface area contributed by atoms with E-state index < -0.39 is 0 Å². The molecule has 0 N–H and O–H groups in total. The molecule has 2 heterocycles. The maximum Gasteiger partial charge on any atom is 0.231 e. The van der Waals surface area contributed by atoms with Gasteiger partial charge in [0.1, 0.15) is 0 Å². The molecule has 2 aromatic carbocycles. The molecular weight excluding hydrogens is 300 g/mol. The first-order valence-electron chi connectivity index (χ1n) is 8.61. The zero-order valence-corrected chi connectivity index (χ0v) is 13.8. The molecular formula is C20H22N2O2. The van der Waals surface area contributed by atoms with Gasteiger partial charge in [-0.3, -0.25) is 4.79 Å². The van der Waals surface area contributed by atoms with Crippen molar-refractivity contribution in [2.24, 2.45) is 0 Å². The Labute approximate surface area is 142 Å². The Balaban J connectivity index is 1.54. The molecule has 0 unspecified atom stereocenters. The van der Waals surface area contributed by atoms with Crippen LogP contribution in [0.1, 0.15) is 11.1 Å². The average Bonchev–Trinajstić information content (AvgIpc) is 3.06. The number of fused-ring (bicyclic) bond motifs is 1. The molecule has 2 aromatic rings. The van der Waals surface area contributed by atoms with E-state index in [0.717, 1.165) is 50.5 Å². The summed E-state index contributed by atoms with van der Waals surface area (Å²) in [4.78, 5) is 17.0. The molecule has 1 amide bonds. The Morgan fingerprint density at radius 2 is 1.79 bits per heavy atom. The summed E-state index contributed by atoms with van der Waals surface area (Å²) in [5.41, 5.74) is 4.62. The van der Waals surface area contributed by atoms with Crippen LogP contribution in [0.25, 0.3) is 0 Å². The van der Waals surface area contributed by atoms with Gasteiger partial charge >= 0.3 is 0 Å². The molecule has 1 fully saturated rings. The van der Waals surface area contributed by atoms with Crippen molar-refractivity contribution in [3.63, 3.8) is 0 Å². The second-order valence-corrected chi connectivity index (χ2v) is 6.37. The Morgan fingerprint density at radius 1 is 1.00 bits per heavy atom. The molecule has 0 spiro atoms. The van der Waals surface area contributed by atoms with Crippen LogP contribution in [0.2, 0.25) is 0 Å². The van der Waals surface area contributed by atoms with Gasteiger partial charge in [-0.2, -0.15) is 0 Å². The summed E-state index contributed by atoms with van der Waals surface area (Å²) in [6.45, 7) is 4.16. The molecule has 0 bridgehead atoms. The Bertz CT molecular complexity index is 724. The molecule has 0 aromatic heterocycles. The lowest BCUT2D eigenvalue weighted by atomic mass is 10.1. The molecule has 0 aliphatic carbocycles. The number of carbonyl (C=O) groups is 1. The number of ether oxygens (including phenoxy) is 1. The maximum absolute atomic E-state index is 12.8.